The Labute approximate surface area is 88.9 Å². The molecule has 1 rings (SSSR count). The van der Waals surface area contributed by atoms with Crippen molar-refractivity contribution in [2.45, 2.75) is 6.04 Å². The van der Waals surface area contributed by atoms with Crippen molar-refractivity contribution in [2.75, 3.05) is 14.1 Å². The number of hydrogen-bond donors (Lipinski definition) is 1. The Morgan fingerprint density at radius 3 is 2.80 bits per heavy atom. The molecular formula is C11H14N2O2. The van der Waals surface area contributed by atoms with Crippen molar-refractivity contribution in [3.8, 4) is 0 Å². The van der Waals surface area contributed by atoms with Crippen molar-refractivity contribution in [3.63, 3.8) is 0 Å². The van der Waals surface area contributed by atoms with E-state index >= 15 is 0 Å². The van der Waals surface area contributed by atoms with E-state index in [0.29, 0.717) is 0 Å². The number of carbonyl (C=O) groups is 1. The summed E-state index contributed by atoms with van der Waals surface area (Å²) in [6, 6.07) is 3.69. The fourth-order valence-electron chi connectivity index (χ4n) is 1.31. The molecule has 1 N–H and O–H groups in total. The molecule has 0 radical (unpaired) electrons. The molecule has 1 heterocycles. The molecule has 80 valence electrons. The Morgan fingerprint density at radius 1 is 1.60 bits per heavy atom. The van der Waals surface area contributed by atoms with Crippen LogP contribution in [0.2, 0.25) is 0 Å². The number of carboxylic acids is 1. The van der Waals surface area contributed by atoms with E-state index in [2.05, 4.69) is 4.98 Å². The van der Waals surface area contributed by atoms with Crippen LogP contribution in [-0.2, 0) is 4.79 Å². The van der Waals surface area contributed by atoms with Crippen LogP contribution in [0.4, 0.5) is 0 Å². The van der Waals surface area contributed by atoms with E-state index in [1.54, 1.807) is 18.5 Å². The van der Waals surface area contributed by atoms with Gasteiger partial charge < -0.3 is 5.11 Å². The number of carboxylic acid groups (broad SMARTS) is 1. The quantitative estimate of drug-likeness (QED) is 0.755. The van der Waals surface area contributed by atoms with Crippen LogP contribution in [0.15, 0.2) is 36.7 Å². The minimum Gasteiger partial charge on any atom is -0.478 e. The second-order valence-electron chi connectivity index (χ2n) is 3.39. The summed E-state index contributed by atoms with van der Waals surface area (Å²) in [6.45, 7) is 0. The smallest absolute Gasteiger partial charge is 0.328 e. The van der Waals surface area contributed by atoms with Gasteiger partial charge in [-0.05, 0) is 25.7 Å². The maximum Gasteiger partial charge on any atom is 0.328 e. The van der Waals surface area contributed by atoms with E-state index in [4.69, 9.17) is 5.11 Å². The molecule has 0 aliphatic carbocycles. The monoisotopic (exact) mass is 206 g/mol. The molecular weight excluding hydrogens is 192 g/mol. The van der Waals surface area contributed by atoms with Crippen molar-refractivity contribution in [2.24, 2.45) is 0 Å². The third-order valence-corrected chi connectivity index (χ3v) is 2.00. The van der Waals surface area contributed by atoms with Gasteiger partial charge in [0.1, 0.15) is 0 Å². The van der Waals surface area contributed by atoms with Gasteiger partial charge >= 0.3 is 5.97 Å². The summed E-state index contributed by atoms with van der Waals surface area (Å²) < 4.78 is 0. The third-order valence-electron chi connectivity index (χ3n) is 2.00. The first kappa shape index (κ1) is 11.4. The second-order valence-corrected chi connectivity index (χ2v) is 3.39. The van der Waals surface area contributed by atoms with Gasteiger partial charge in [0.25, 0.3) is 0 Å². The number of aliphatic carboxylic acids is 1. The van der Waals surface area contributed by atoms with Crippen LogP contribution in [0.25, 0.3) is 0 Å². The van der Waals surface area contributed by atoms with Gasteiger partial charge in [-0.15, -0.1) is 0 Å². The molecule has 4 heteroatoms. The van der Waals surface area contributed by atoms with Crippen LogP contribution >= 0.6 is 0 Å². The summed E-state index contributed by atoms with van der Waals surface area (Å²) in [5, 5.41) is 8.57. The lowest BCUT2D eigenvalue weighted by Crippen LogP contribution is -2.18. The second kappa shape index (κ2) is 5.26. The maximum absolute atomic E-state index is 10.4. The van der Waals surface area contributed by atoms with Gasteiger partial charge in [-0.3, -0.25) is 9.88 Å². The molecule has 0 aliphatic heterocycles. The Balaban J connectivity index is 2.89. The Kier molecular flexibility index (Phi) is 4.00. The fourth-order valence-corrected chi connectivity index (χ4v) is 1.31. The van der Waals surface area contributed by atoms with Crippen molar-refractivity contribution >= 4 is 5.97 Å². The van der Waals surface area contributed by atoms with Crippen LogP contribution in [0.1, 0.15) is 11.6 Å². The van der Waals surface area contributed by atoms with Crippen molar-refractivity contribution in [3.05, 3.63) is 42.2 Å². The van der Waals surface area contributed by atoms with Crippen LogP contribution < -0.4 is 0 Å². The van der Waals surface area contributed by atoms with Gasteiger partial charge in [0.15, 0.2) is 0 Å². The van der Waals surface area contributed by atoms with Crippen LogP contribution in [0.3, 0.4) is 0 Å². The standard InChI is InChI=1S/C11H14N2O2/c1-13(2)10(5-6-11(14)15)9-4-3-7-12-8-9/h3-8,10H,1-2H3,(H,14,15)/b6-5+. The van der Waals surface area contributed by atoms with E-state index in [9.17, 15) is 4.79 Å². The minimum atomic E-state index is -0.939. The predicted molar refractivity (Wildman–Crippen MR) is 57.4 cm³/mol. The zero-order chi connectivity index (χ0) is 11.3. The first-order valence-corrected chi connectivity index (χ1v) is 4.58. The van der Waals surface area contributed by atoms with E-state index in [1.807, 2.05) is 31.1 Å². The molecule has 0 fully saturated rings. The van der Waals surface area contributed by atoms with E-state index in [-0.39, 0.29) is 6.04 Å². The Hall–Kier alpha value is -1.68. The molecule has 0 amide bonds. The highest BCUT2D eigenvalue weighted by Gasteiger charge is 2.10. The molecule has 1 aromatic heterocycles. The lowest BCUT2D eigenvalue weighted by Gasteiger charge is -2.20. The van der Waals surface area contributed by atoms with Crippen molar-refractivity contribution < 1.29 is 9.90 Å². The average Bonchev–Trinajstić information content (AvgIpc) is 2.18. The lowest BCUT2D eigenvalue weighted by atomic mass is 10.1. The third kappa shape index (κ3) is 3.52. The molecule has 0 saturated carbocycles. The van der Waals surface area contributed by atoms with Gasteiger partial charge in [0, 0.05) is 18.5 Å². The number of nitrogens with zero attached hydrogens (tertiary/aromatic N) is 2. The van der Waals surface area contributed by atoms with Gasteiger partial charge in [-0.2, -0.15) is 0 Å². The average molecular weight is 206 g/mol. The highest BCUT2D eigenvalue weighted by molar-refractivity contribution is 5.79. The minimum absolute atomic E-state index is 0.0604. The van der Waals surface area contributed by atoms with Gasteiger partial charge in [0.05, 0.1) is 6.04 Å². The van der Waals surface area contributed by atoms with E-state index in [0.717, 1.165) is 11.6 Å². The summed E-state index contributed by atoms with van der Waals surface area (Å²) in [5.74, 6) is -0.939. The molecule has 1 unspecified atom stereocenters. The molecule has 0 bridgehead atoms. The van der Waals surface area contributed by atoms with Gasteiger partial charge in [-0.1, -0.05) is 12.1 Å². The molecule has 0 aromatic carbocycles. The van der Waals surface area contributed by atoms with Crippen molar-refractivity contribution in [1.29, 1.82) is 0 Å². The predicted octanol–water partition coefficient (Wildman–Crippen LogP) is 1.33. The molecule has 0 spiro atoms. The molecule has 0 aliphatic rings. The molecule has 15 heavy (non-hydrogen) atoms. The van der Waals surface area contributed by atoms with Crippen molar-refractivity contribution in [1.82, 2.24) is 9.88 Å². The normalized spacial score (nSPS) is 13.3. The Morgan fingerprint density at radius 2 is 2.33 bits per heavy atom. The summed E-state index contributed by atoms with van der Waals surface area (Å²) in [7, 11) is 3.79. The first-order valence-electron chi connectivity index (χ1n) is 4.58. The number of rotatable bonds is 4. The number of likely N-dealkylation sites (N-methyl/N-ethyl adjacent to an activating group) is 1. The molecule has 1 atom stereocenters. The summed E-state index contributed by atoms with van der Waals surface area (Å²) in [4.78, 5) is 16.4. The maximum atomic E-state index is 10.4. The number of hydrogen-bond acceptors (Lipinski definition) is 3. The summed E-state index contributed by atoms with van der Waals surface area (Å²) >= 11 is 0. The number of pyridine rings is 1. The topological polar surface area (TPSA) is 53.4 Å². The number of aromatic nitrogens is 1. The zero-order valence-corrected chi connectivity index (χ0v) is 8.79. The van der Waals surface area contributed by atoms with E-state index in [1.165, 1.54) is 0 Å². The van der Waals surface area contributed by atoms with Crippen LogP contribution in [0.5, 0.6) is 0 Å². The zero-order valence-electron chi connectivity index (χ0n) is 8.79. The lowest BCUT2D eigenvalue weighted by molar-refractivity contribution is -0.131. The summed E-state index contributed by atoms with van der Waals surface area (Å²) in [5.41, 5.74) is 0.972. The Bertz CT molecular complexity index is 347. The molecule has 1 aromatic rings. The highest BCUT2D eigenvalue weighted by Crippen LogP contribution is 2.17. The van der Waals surface area contributed by atoms with Crippen LogP contribution in [-0.4, -0.2) is 35.1 Å². The van der Waals surface area contributed by atoms with Crippen LogP contribution in [0, 0.1) is 0 Å². The summed E-state index contributed by atoms with van der Waals surface area (Å²) in [6.07, 6.45) is 6.21. The molecule has 0 saturated heterocycles. The van der Waals surface area contributed by atoms with E-state index < -0.39 is 5.97 Å². The van der Waals surface area contributed by atoms with Gasteiger partial charge in [0.2, 0.25) is 0 Å². The fraction of sp³-hybridized carbons (Fsp3) is 0.273. The SMILES string of the molecule is CN(C)C(/C=C/C(=O)O)c1cccnc1. The highest BCUT2D eigenvalue weighted by atomic mass is 16.4. The van der Waals surface area contributed by atoms with Gasteiger partial charge in [-0.25, -0.2) is 4.79 Å². The molecule has 4 nitrogen and oxygen atoms in total. The first-order chi connectivity index (χ1) is 7.11. The largest absolute Gasteiger partial charge is 0.478 e.